The van der Waals surface area contributed by atoms with Crippen molar-refractivity contribution in [3.8, 4) is 0 Å². The number of hydrogen-bond donors (Lipinski definition) is 1. The maximum atomic E-state index is 12.5. The van der Waals surface area contributed by atoms with E-state index in [2.05, 4.69) is 31.0 Å². The second-order valence-corrected chi connectivity index (χ2v) is 5.96. The van der Waals surface area contributed by atoms with Gasteiger partial charge in [-0.1, -0.05) is 6.92 Å². The first kappa shape index (κ1) is 11.9. The average Bonchev–Trinajstić information content (AvgIpc) is 2.58. The van der Waals surface area contributed by atoms with Gasteiger partial charge in [-0.15, -0.1) is 0 Å². The monoisotopic (exact) mass is 224 g/mol. The third-order valence-electron chi connectivity index (χ3n) is 4.20. The summed E-state index contributed by atoms with van der Waals surface area (Å²) in [6.45, 7) is 8.50. The number of likely N-dealkylation sites (tertiary alicyclic amines) is 1. The van der Waals surface area contributed by atoms with E-state index < -0.39 is 0 Å². The molecule has 2 aliphatic heterocycles. The maximum absolute atomic E-state index is 12.5. The first-order chi connectivity index (χ1) is 7.52. The summed E-state index contributed by atoms with van der Waals surface area (Å²) in [7, 11) is 0. The van der Waals surface area contributed by atoms with Crippen LogP contribution >= 0.6 is 0 Å². The Kier molecular flexibility index (Phi) is 3.24. The van der Waals surface area contributed by atoms with E-state index in [0.717, 1.165) is 25.9 Å². The van der Waals surface area contributed by atoms with Gasteiger partial charge in [-0.3, -0.25) is 4.79 Å². The van der Waals surface area contributed by atoms with Crippen molar-refractivity contribution in [1.82, 2.24) is 10.2 Å². The molecule has 0 saturated carbocycles. The van der Waals surface area contributed by atoms with Crippen LogP contribution in [-0.2, 0) is 4.79 Å². The van der Waals surface area contributed by atoms with E-state index in [1.165, 1.54) is 12.8 Å². The molecule has 2 rings (SSSR count). The van der Waals surface area contributed by atoms with Crippen LogP contribution in [0, 0.1) is 5.92 Å². The molecule has 92 valence electrons. The zero-order chi connectivity index (χ0) is 11.8. The van der Waals surface area contributed by atoms with Gasteiger partial charge in [0.25, 0.3) is 0 Å². The highest BCUT2D eigenvalue weighted by Crippen LogP contribution is 2.30. The lowest BCUT2D eigenvalue weighted by Crippen LogP contribution is -2.55. The topological polar surface area (TPSA) is 32.3 Å². The fourth-order valence-electron chi connectivity index (χ4n) is 3.06. The Balaban J connectivity index is 2.06. The largest absolute Gasteiger partial charge is 0.336 e. The second-order valence-electron chi connectivity index (χ2n) is 5.96. The molecule has 2 saturated heterocycles. The van der Waals surface area contributed by atoms with Crippen LogP contribution in [0.4, 0.5) is 0 Å². The predicted octanol–water partition coefficient (Wildman–Crippen LogP) is 1.78. The summed E-state index contributed by atoms with van der Waals surface area (Å²) < 4.78 is 0. The van der Waals surface area contributed by atoms with Crippen LogP contribution in [0.1, 0.15) is 46.5 Å². The Bertz CT molecular complexity index is 275. The molecule has 2 fully saturated rings. The Morgan fingerprint density at radius 1 is 1.38 bits per heavy atom. The fourth-order valence-corrected chi connectivity index (χ4v) is 3.06. The summed E-state index contributed by atoms with van der Waals surface area (Å²) in [5.74, 6) is 0.812. The highest BCUT2D eigenvalue weighted by Gasteiger charge is 2.40. The van der Waals surface area contributed by atoms with Crippen LogP contribution in [0.15, 0.2) is 0 Å². The van der Waals surface area contributed by atoms with E-state index in [1.54, 1.807) is 0 Å². The predicted molar refractivity (Wildman–Crippen MR) is 65.2 cm³/mol. The van der Waals surface area contributed by atoms with Crippen molar-refractivity contribution in [3.63, 3.8) is 0 Å². The van der Waals surface area contributed by atoms with E-state index in [0.29, 0.717) is 11.8 Å². The van der Waals surface area contributed by atoms with E-state index >= 15 is 0 Å². The van der Waals surface area contributed by atoms with Gasteiger partial charge in [0.15, 0.2) is 0 Å². The molecule has 16 heavy (non-hydrogen) atoms. The Hall–Kier alpha value is -0.570. The molecule has 1 amide bonds. The molecule has 0 aliphatic carbocycles. The van der Waals surface area contributed by atoms with Gasteiger partial charge in [-0.05, 0) is 52.0 Å². The van der Waals surface area contributed by atoms with Crippen molar-refractivity contribution in [1.29, 1.82) is 0 Å². The molecule has 0 aromatic rings. The Morgan fingerprint density at radius 3 is 2.69 bits per heavy atom. The lowest BCUT2D eigenvalue weighted by Gasteiger charge is -2.38. The van der Waals surface area contributed by atoms with E-state index in [-0.39, 0.29) is 11.6 Å². The molecule has 1 N–H and O–H groups in total. The Labute approximate surface area is 98.6 Å². The highest BCUT2D eigenvalue weighted by atomic mass is 16.2. The highest BCUT2D eigenvalue weighted by molar-refractivity contribution is 5.83. The molecular formula is C13H24N2O. The Morgan fingerprint density at radius 2 is 2.12 bits per heavy atom. The summed E-state index contributed by atoms with van der Waals surface area (Å²) in [5.41, 5.74) is 0.0654. The molecule has 3 nitrogen and oxygen atoms in total. The summed E-state index contributed by atoms with van der Waals surface area (Å²) in [6, 6.07) is 0.0612. The van der Waals surface area contributed by atoms with Crippen LogP contribution < -0.4 is 5.32 Å². The summed E-state index contributed by atoms with van der Waals surface area (Å²) in [6.07, 6.45) is 4.67. The van der Waals surface area contributed by atoms with Gasteiger partial charge in [0.2, 0.25) is 5.91 Å². The molecule has 0 spiro atoms. The molecule has 2 heterocycles. The number of nitrogens with zero attached hydrogens (tertiary/aromatic N) is 1. The molecular weight excluding hydrogens is 200 g/mol. The van der Waals surface area contributed by atoms with Gasteiger partial charge in [0, 0.05) is 12.1 Å². The van der Waals surface area contributed by atoms with Gasteiger partial charge < -0.3 is 10.2 Å². The number of carbonyl (C=O) groups excluding carboxylic acids is 1. The normalized spacial score (nSPS) is 34.1. The van der Waals surface area contributed by atoms with E-state index in [4.69, 9.17) is 0 Å². The van der Waals surface area contributed by atoms with Gasteiger partial charge in [0.05, 0.1) is 6.04 Å². The third kappa shape index (κ3) is 2.10. The van der Waals surface area contributed by atoms with Gasteiger partial charge >= 0.3 is 0 Å². The molecule has 0 aromatic carbocycles. The zero-order valence-electron chi connectivity index (χ0n) is 10.8. The van der Waals surface area contributed by atoms with Crippen molar-refractivity contribution < 1.29 is 4.79 Å². The zero-order valence-corrected chi connectivity index (χ0v) is 10.8. The minimum atomic E-state index is 0.0612. The summed E-state index contributed by atoms with van der Waals surface area (Å²) >= 11 is 0. The minimum Gasteiger partial charge on any atom is -0.336 e. The molecule has 0 aromatic heterocycles. The lowest BCUT2D eigenvalue weighted by molar-refractivity contribution is -0.138. The van der Waals surface area contributed by atoms with E-state index in [1.807, 2.05) is 0 Å². The number of hydrogen-bond acceptors (Lipinski definition) is 2. The molecule has 2 aliphatic rings. The number of carbonyl (C=O) groups is 1. The van der Waals surface area contributed by atoms with Crippen molar-refractivity contribution in [2.75, 3.05) is 13.1 Å². The molecule has 0 bridgehead atoms. The molecule has 2 unspecified atom stereocenters. The van der Waals surface area contributed by atoms with Crippen LogP contribution in [-0.4, -0.2) is 35.5 Å². The SMILES string of the molecule is CC1CCCNC1C(=O)N1CCCC1(C)C. The van der Waals surface area contributed by atoms with Gasteiger partial charge in [-0.2, -0.15) is 0 Å². The van der Waals surface area contributed by atoms with Gasteiger partial charge in [0.1, 0.15) is 0 Å². The quantitative estimate of drug-likeness (QED) is 0.736. The van der Waals surface area contributed by atoms with Crippen LogP contribution in [0.3, 0.4) is 0 Å². The second kappa shape index (κ2) is 4.36. The standard InChI is InChI=1S/C13H24N2O/c1-10-6-4-8-14-11(10)12(16)15-9-5-7-13(15,2)3/h10-11,14H,4-9H2,1-3H3. The lowest BCUT2D eigenvalue weighted by atomic mass is 9.90. The van der Waals surface area contributed by atoms with Crippen LogP contribution in [0.5, 0.6) is 0 Å². The van der Waals surface area contributed by atoms with Crippen molar-refractivity contribution in [3.05, 3.63) is 0 Å². The molecule has 0 radical (unpaired) electrons. The van der Waals surface area contributed by atoms with Crippen molar-refractivity contribution in [2.45, 2.75) is 58.0 Å². The number of piperidine rings is 1. The average molecular weight is 224 g/mol. The first-order valence-corrected chi connectivity index (χ1v) is 6.57. The number of nitrogens with one attached hydrogen (secondary N) is 1. The number of rotatable bonds is 1. The summed E-state index contributed by atoms with van der Waals surface area (Å²) in [5, 5.41) is 3.39. The summed E-state index contributed by atoms with van der Waals surface area (Å²) in [4.78, 5) is 14.6. The van der Waals surface area contributed by atoms with Crippen molar-refractivity contribution >= 4 is 5.91 Å². The molecule has 3 heteroatoms. The smallest absolute Gasteiger partial charge is 0.240 e. The first-order valence-electron chi connectivity index (χ1n) is 6.57. The maximum Gasteiger partial charge on any atom is 0.240 e. The molecule has 2 atom stereocenters. The minimum absolute atomic E-state index is 0.0612. The van der Waals surface area contributed by atoms with Crippen molar-refractivity contribution in [2.24, 2.45) is 5.92 Å². The van der Waals surface area contributed by atoms with E-state index in [9.17, 15) is 4.79 Å². The van der Waals surface area contributed by atoms with Crippen LogP contribution in [0.2, 0.25) is 0 Å². The number of amides is 1. The fraction of sp³-hybridized carbons (Fsp3) is 0.923. The van der Waals surface area contributed by atoms with Gasteiger partial charge in [-0.25, -0.2) is 0 Å². The third-order valence-corrected chi connectivity index (χ3v) is 4.20. The van der Waals surface area contributed by atoms with Crippen LogP contribution in [0.25, 0.3) is 0 Å².